The molecule has 11 heteroatoms. The summed E-state index contributed by atoms with van der Waals surface area (Å²) in [5.41, 5.74) is 2.32. The number of nitrogens with zero attached hydrogens (tertiary/aromatic N) is 2. The van der Waals surface area contributed by atoms with Crippen molar-refractivity contribution in [2.75, 3.05) is 59.1 Å². The summed E-state index contributed by atoms with van der Waals surface area (Å²) in [6, 6.07) is 3.67. The third-order valence-electron chi connectivity index (χ3n) is 5.79. The highest BCUT2D eigenvalue weighted by Gasteiger charge is 2.36. The van der Waals surface area contributed by atoms with Crippen LogP contribution < -0.4 is 10.6 Å². The van der Waals surface area contributed by atoms with Gasteiger partial charge in [0.2, 0.25) is 10.0 Å². The molecule has 33 heavy (non-hydrogen) atoms. The maximum absolute atomic E-state index is 13.5. The number of amides is 2. The fourth-order valence-electron chi connectivity index (χ4n) is 4.29. The maximum Gasteiger partial charge on any atom is 0.309 e. The Labute approximate surface area is 195 Å². The molecule has 1 atom stereocenters. The molecular weight excluding hydrogens is 448 g/mol. The van der Waals surface area contributed by atoms with Crippen LogP contribution in [-0.2, 0) is 29.1 Å². The van der Waals surface area contributed by atoms with Gasteiger partial charge < -0.3 is 20.1 Å². The lowest BCUT2D eigenvalue weighted by atomic mass is 10.1. The van der Waals surface area contributed by atoms with Gasteiger partial charge in [-0.3, -0.25) is 14.5 Å². The van der Waals surface area contributed by atoms with E-state index >= 15 is 0 Å². The van der Waals surface area contributed by atoms with E-state index in [2.05, 4.69) is 15.5 Å². The van der Waals surface area contributed by atoms with Gasteiger partial charge in [0.1, 0.15) is 6.23 Å². The molecule has 2 fully saturated rings. The second-order valence-corrected chi connectivity index (χ2v) is 10.3. The van der Waals surface area contributed by atoms with Gasteiger partial charge in [-0.25, -0.2) is 8.42 Å². The van der Waals surface area contributed by atoms with Crippen molar-refractivity contribution in [1.82, 2.24) is 19.8 Å². The number of morpholine rings is 1. The van der Waals surface area contributed by atoms with E-state index in [4.69, 9.17) is 9.47 Å². The SMILES string of the molecule is Cc1cc(C)c(S(=O)(=O)N2CCCO[C@H]2CNC(=O)C(=O)NCCN2CCOCC2)c(C)c1. The summed E-state index contributed by atoms with van der Waals surface area (Å²) >= 11 is 0. The Bertz CT molecular complexity index is 939. The van der Waals surface area contributed by atoms with E-state index < -0.39 is 28.1 Å². The molecule has 3 rings (SSSR count). The quantitative estimate of drug-likeness (QED) is 0.522. The van der Waals surface area contributed by atoms with Crippen molar-refractivity contribution in [1.29, 1.82) is 0 Å². The Morgan fingerprint density at radius 3 is 2.30 bits per heavy atom. The van der Waals surface area contributed by atoms with Gasteiger partial charge in [-0.05, 0) is 38.3 Å². The van der Waals surface area contributed by atoms with Crippen LogP contribution in [0.25, 0.3) is 0 Å². The molecule has 1 aromatic carbocycles. The van der Waals surface area contributed by atoms with Gasteiger partial charge in [0.15, 0.2) is 0 Å². The zero-order chi connectivity index (χ0) is 24.0. The summed E-state index contributed by atoms with van der Waals surface area (Å²) in [6.45, 7) is 9.92. The van der Waals surface area contributed by atoms with Crippen molar-refractivity contribution in [3.05, 3.63) is 28.8 Å². The number of sulfonamides is 1. The van der Waals surface area contributed by atoms with E-state index in [1.54, 1.807) is 13.8 Å². The predicted octanol–water partition coefficient (Wildman–Crippen LogP) is -0.0864. The van der Waals surface area contributed by atoms with Crippen molar-refractivity contribution in [2.24, 2.45) is 0 Å². The molecule has 1 aromatic rings. The summed E-state index contributed by atoms with van der Waals surface area (Å²) < 4.78 is 39.2. The predicted molar refractivity (Wildman–Crippen MR) is 122 cm³/mol. The first-order valence-corrected chi connectivity index (χ1v) is 12.7. The van der Waals surface area contributed by atoms with E-state index in [9.17, 15) is 18.0 Å². The van der Waals surface area contributed by atoms with Gasteiger partial charge in [0.25, 0.3) is 0 Å². The normalized spacial score (nSPS) is 20.4. The molecule has 10 nitrogen and oxygen atoms in total. The standard InChI is InChI=1S/C22H34N4O6S/c1-16-13-17(2)20(18(3)14-16)33(29,30)26-6-4-10-32-19(26)15-24-22(28)21(27)23-5-7-25-8-11-31-12-9-25/h13-14,19H,4-12,15H2,1-3H3,(H,23,27)(H,24,28)/t19-/m0/s1. The first-order chi connectivity index (χ1) is 15.7. The highest BCUT2D eigenvalue weighted by atomic mass is 32.2. The fourth-order valence-corrected chi connectivity index (χ4v) is 6.27. The molecule has 0 spiro atoms. The Morgan fingerprint density at radius 2 is 1.64 bits per heavy atom. The molecule has 0 aromatic heterocycles. The number of ether oxygens (including phenoxy) is 2. The van der Waals surface area contributed by atoms with Gasteiger partial charge in [-0.2, -0.15) is 4.31 Å². The molecule has 0 unspecified atom stereocenters. The van der Waals surface area contributed by atoms with Crippen molar-refractivity contribution in [3.63, 3.8) is 0 Å². The van der Waals surface area contributed by atoms with E-state index in [-0.39, 0.29) is 18.0 Å². The van der Waals surface area contributed by atoms with Crippen LogP contribution >= 0.6 is 0 Å². The number of rotatable bonds is 7. The minimum atomic E-state index is -3.84. The van der Waals surface area contributed by atoms with Crippen molar-refractivity contribution >= 4 is 21.8 Å². The molecule has 2 aliphatic heterocycles. The monoisotopic (exact) mass is 482 g/mol. The fraction of sp³-hybridized carbons (Fsp3) is 0.636. The number of nitrogens with one attached hydrogen (secondary N) is 2. The lowest BCUT2D eigenvalue weighted by Gasteiger charge is -2.35. The van der Waals surface area contributed by atoms with Crippen LogP contribution in [0.5, 0.6) is 0 Å². The van der Waals surface area contributed by atoms with Crippen LogP contribution in [0, 0.1) is 20.8 Å². The summed E-state index contributed by atoms with van der Waals surface area (Å²) in [4.78, 5) is 26.8. The minimum absolute atomic E-state index is 0.112. The van der Waals surface area contributed by atoms with E-state index in [0.717, 1.165) is 18.7 Å². The summed E-state index contributed by atoms with van der Waals surface area (Å²) in [7, 11) is -3.84. The minimum Gasteiger partial charge on any atom is -0.379 e. The van der Waals surface area contributed by atoms with Crippen molar-refractivity contribution in [2.45, 2.75) is 38.3 Å². The third kappa shape index (κ3) is 6.51. The number of carbonyl (C=O) groups is 2. The Hall–Kier alpha value is -2.05. The second kappa shape index (κ2) is 11.4. The molecule has 0 radical (unpaired) electrons. The number of carbonyl (C=O) groups excluding carboxylic acids is 2. The number of hydrogen-bond acceptors (Lipinski definition) is 7. The van der Waals surface area contributed by atoms with E-state index in [1.165, 1.54) is 4.31 Å². The maximum atomic E-state index is 13.5. The van der Waals surface area contributed by atoms with E-state index in [0.29, 0.717) is 50.5 Å². The van der Waals surface area contributed by atoms with Crippen LogP contribution in [0.1, 0.15) is 23.1 Å². The molecule has 2 N–H and O–H groups in total. The zero-order valence-corrected chi connectivity index (χ0v) is 20.4. The number of hydrogen-bond donors (Lipinski definition) is 2. The average molecular weight is 483 g/mol. The smallest absolute Gasteiger partial charge is 0.309 e. The second-order valence-electron chi connectivity index (χ2n) is 8.44. The van der Waals surface area contributed by atoms with Gasteiger partial charge >= 0.3 is 11.8 Å². The molecule has 2 heterocycles. The molecule has 2 amide bonds. The lowest BCUT2D eigenvalue weighted by Crippen LogP contribution is -2.53. The van der Waals surface area contributed by atoms with Crippen LogP contribution in [-0.4, -0.2) is 94.8 Å². The van der Waals surface area contributed by atoms with Crippen LogP contribution in [0.15, 0.2) is 17.0 Å². The molecule has 0 bridgehead atoms. The first-order valence-electron chi connectivity index (χ1n) is 11.3. The van der Waals surface area contributed by atoms with Gasteiger partial charge in [-0.1, -0.05) is 17.7 Å². The summed E-state index contributed by atoms with van der Waals surface area (Å²) in [5, 5.41) is 5.12. The lowest BCUT2D eigenvalue weighted by molar-refractivity contribution is -0.140. The van der Waals surface area contributed by atoms with Gasteiger partial charge in [-0.15, -0.1) is 0 Å². The highest BCUT2D eigenvalue weighted by molar-refractivity contribution is 7.89. The Kier molecular flexibility index (Phi) is 8.82. The summed E-state index contributed by atoms with van der Waals surface area (Å²) in [5.74, 6) is -1.56. The molecule has 0 aliphatic carbocycles. The van der Waals surface area contributed by atoms with Gasteiger partial charge in [0.05, 0.1) is 31.3 Å². The zero-order valence-electron chi connectivity index (χ0n) is 19.6. The molecule has 184 valence electrons. The Balaban J connectivity index is 1.58. The molecule has 0 saturated carbocycles. The largest absolute Gasteiger partial charge is 0.379 e. The molecular formula is C22H34N4O6S. The van der Waals surface area contributed by atoms with E-state index in [1.807, 2.05) is 19.1 Å². The van der Waals surface area contributed by atoms with Crippen LogP contribution in [0.3, 0.4) is 0 Å². The molecule has 2 saturated heterocycles. The highest BCUT2D eigenvalue weighted by Crippen LogP contribution is 2.28. The topological polar surface area (TPSA) is 117 Å². The van der Waals surface area contributed by atoms with Crippen LogP contribution in [0.4, 0.5) is 0 Å². The van der Waals surface area contributed by atoms with Crippen molar-refractivity contribution in [3.8, 4) is 0 Å². The molecule has 2 aliphatic rings. The number of benzene rings is 1. The van der Waals surface area contributed by atoms with Gasteiger partial charge in [0, 0.05) is 32.7 Å². The third-order valence-corrected chi connectivity index (χ3v) is 7.98. The number of aryl methyl sites for hydroxylation is 3. The van der Waals surface area contributed by atoms with Crippen LogP contribution in [0.2, 0.25) is 0 Å². The summed E-state index contributed by atoms with van der Waals surface area (Å²) in [6.07, 6.45) is -0.329. The van der Waals surface area contributed by atoms with Crippen molar-refractivity contribution < 1.29 is 27.5 Å². The Morgan fingerprint density at radius 1 is 1.00 bits per heavy atom. The average Bonchev–Trinajstić information content (AvgIpc) is 2.77. The first kappa shape index (κ1) is 25.6.